The van der Waals surface area contributed by atoms with E-state index in [0.717, 1.165) is 21.5 Å². The number of benzene rings is 3. The Morgan fingerprint density at radius 2 is 1.55 bits per heavy atom. The van der Waals surface area contributed by atoms with E-state index in [1.165, 1.54) is 36.0 Å². The third kappa shape index (κ3) is 5.11. The van der Waals surface area contributed by atoms with Crippen molar-refractivity contribution in [2.45, 2.75) is 15.2 Å². The van der Waals surface area contributed by atoms with Crippen LogP contribution in [0.2, 0.25) is 0 Å². The minimum atomic E-state index is -3.79. The monoisotopic (exact) mass is 449 g/mol. The van der Waals surface area contributed by atoms with Crippen LogP contribution in [0.15, 0.2) is 101 Å². The average molecular weight is 450 g/mol. The standard InChI is InChI=1S/C23H19N3O3S2/c24-31(28,29)19-13-11-18(12-14-19)25-23(27)22(17-7-2-1-3-8-17)30-21-15-10-16-6-4-5-9-20(16)26-21/h1-15,22H,(H,25,27)(H2,24,28,29)/t22-/m1/s1. The number of thioether (sulfide) groups is 1. The lowest BCUT2D eigenvalue weighted by Gasteiger charge is -2.17. The topological polar surface area (TPSA) is 102 Å². The fourth-order valence-electron chi connectivity index (χ4n) is 3.07. The number of nitrogens with one attached hydrogen (secondary N) is 1. The van der Waals surface area contributed by atoms with Gasteiger partial charge in [0.05, 0.1) is 15.4 Å². The number of para-hydroxylation sites is 1. The van der Waals surface area contributed by atoms with Crippen molar-refractivity contribution < 1.29 is 13.2 Å². The van der Waals surface area contributed by atoms with E-state index < -0.39 is 15.3 Å². The quantitative estimate of drug-likeness (QED) is 0.426. The molecule has 0 unspecified atom stereocenters. The number of carbonyl (C=O) groups is 1. The maximum atomic E-state index is 13.2. The highest BCUT2D eigenvalue weighted by molar-refractivity contribution is 8.00. The second-order valence-electron chi connectivity index (χ2n) is 6.81. The van der Waals surface area contributed by atoms with Crippen molar-refractivity contribution in [2.75, 3.05) is 5.32 Å². The largest absolute Gasteiger partial charge is 0.325 e. The lowest BCUT2D eigenvalue weighted by molar-refractivity contribution is -0.115. The molecule has 6 nitrogen and oxygen atoms in total. The number of amides is 1. The normalized spacial score (nSPS) is 12.4. The van der Waals surface area contributed by atoms with E-state index in [-0.39, 0.29) is 10.8 Å². The molecule has 1 aromatic heterocycles. The van der Waals surface area contributed by atoms with Crippen LogP contribution in [-0.4, -0.2) is 19.3 Å². The number of aromatic nitrogens is 1. The number of hydrogen-bond acceptors (Lipinski definition) is 5. The molecule has 0 aliphatic rings. The van der Waals surface area contributed by atoms with E-state index in [2.05, 4.69) is 10.3 Å². The molecule has 0 fully saturated rings. The minimum absolute atomic E-state index is 0.0140. The highest BCUT2D eigenvalue weighted by atomic mass is 32.2. The molecule has 3 N–H and O–H groups in total. The summed E-state index contributed by atoms with van der Waals surface area (Å²) in [6, 6.07) is 26.9. The molecule has 0 radical (unpaired) electrons. The lowest BCUT2D eigenvalue weighted by atomic mass is 10.1. The first-order valence-electron chi connectivity index (χ1n) is 9.41. The van der Waals surface area contributed by atoms with Gasteiger partial charge < -0.3 is 5.32 Å². The molecule has 31 heavy (non-hydrogen) atoms. The SMILES string of the molecule is NS(=O)(=O)c1ccc(NC(=O)[C@H](Sc2ccc3ccccc3n2)c2ccccc2)cc1. The van der Waals surface area contributed by atoms with Crippen LogP contribution < -0.4 is 10.5 Å². The number of hydrogen-bond donors (Lipinski definition) is 2. The Balaban J connectivity index is 1.60. The molecule has 156 valence electrons. The summed E-state index contributed by atoms with van der Waals surface area (Å²) in [5.41, 5.74) is 2.17. The molecule has 8 heteroatoms. The van der Waals surface area contributed by atoms with Gasteiger partial charge in [0.2, 0.25) is 15.9 Å². The Kier molecular flexibility index (Phi) is 6.03. The first kappa shape index (κ1) is 21.0. The Morgan fingerprint density at radius 3 is 2.26 bits per heavy atom. The van der Waals surface area contributed by atoms with Crippen molar-refractivity contribution in [1.82, 2.24) is 4.98 Å². The Bertz CT molecular complexity index is 1330. The van der Waals surface area contributed by atoms with E-state index in [4.69, 9.17) is 5.14 Å². The fourth-order valence-corrected chi connectivity index (χ4v) is 4.58. The van der Waals surface area contributed by atoms with Crippen molar-refractivity contribution in [3.05, 3.63) is 96.6 Å². The molecule has 4 aromatic rings. The molecule has 0 bridgehead atoms. The molecule has 1 amide bonds. The average Bonchev–Trinajstić information content (AvgIpc) is 2.77. The van der Waals surface area contributed by atoms with Gasteiger partial charge in [0.25, 0.3) is 0 Å². The van der Waals surface area contributed by atoms with Gasteiger partial charge in [0, 0.05) is 11.1 Å². The first-order chi connectivity index (χ1) is 14.9. The molecule has 1 atom stereocenters. The van der Waals surface area contributed by atoms with Gasteiger partial charge in [-0.05, 0) is 42.0 Å². The summed E-state index contributed by atoms with van der Waals surface area (Å²) in [7, 11) is -3.79. The summed E-state index contributed by atoms with van der Waals surface area (Å²) in [4.78, 5) is 17.8. The van der Waals surface area contributed by atoms with Gasteiger partial charge in [-0.25, -0.2) is 18.5 Å². The second kappa shape index (κ2) is 8.89. The van der Waals surface area contributed by atoms with Crippen molar-refractivity contribution in [3.8, 4) is 0 Å². The molecule has 0 aliphatic heterocycles. The van der Waals surface area contributed by atoms with Crippen LogP contribution in [0.25, 0.3) is 10.9 Å². The molecular formula is C23H19N3O3S2. The summed E-state index contributed by atoms with van der Waals surface area (Å²) in [6.45, 7) is 0. The first-order valence-corrected chi connectivity index (χ1v) is 11.8. The smallest absolute Gasteiger partial charge is 0.242 e. The third-order valence-electron chi connectivity index (χ3n) is 4.60. The number of anilines is 1. The number of pyridine rings is 1. The maximum absolute atomic E-state index is 13.2. The molecular weight excluding hydrogens is 430 g/mol. The van der Waals surface area contributed by atoms with Crippen LogP contribution >= 0.6 is 11.8 Å². The van der Waals surface area contributed by atoms with Crippen LogP contribution in [0, 0.1) is 0 Å². The van der Waals surface area contributed by atoms with E-state index in [9.17, 15) is 13.2 Å². The number of rotatable bonds is 6. The zero-order valence-electron chi connectivity index (χ0n) is 16.3. The Morgan fingerprint density at radius 1 is 0.871 bits per heavy atom. The van der Waals surface area contributed by atoms with Crippen LogP contribution in [0.3, 0.4) is 0 Å². The number of nitrogens with zero attached hydrogens (tertiary/aromatic N) is 1. The molecule has 4 rings (SSSR count). The van der Waals surface area contributed by atoms with Gasteiger partial charge in [-0.15, -0.1) is 0 Å². The predicted octanol–water partition coefficient (Wildman–Crippen LogP) is 4.35. The van der Waals surface area contributed by atoms with Gasteiger partial charge >= 0.3 is 0 Å². The van der Waals surface area contributed by atoms with E-state index in [1.807, 2.05) is 66.7 Å². The highest BCUT2D eigenvalue weighted by Crippen LogP contribution is 2.36. The maximum Gasteiger partial charge on any atom is 0.242 e. The summed E-state index contributed by atoms with van der Waals surface area (Å²) in [6.07, 6.45) is 0. The van der Waals surface area contributed by atoms with Crippen molar-refractivity contribution >= 4 is 44.3 Å². The van der Waals surface area contributed by atoms with Crippen molar-refractivity contribution in [3.63, 3.8) is 0 Å². The van der Waals surface area contributed by atoms with E-state index >= 15 is 0 Å². The number of nitrogens with two attached hydrogens (primary N) is 1. The van der Waals surface area contributed by atoms with Crippen molar-refractivity contribution in [1.29, 1.82) is 0 Å². The lowest BCUT2D eigenvalue weighted by Crippen LogP contribution is -2.19. The summed E-state index contributed by atoms with van der Waals surface area (Å²) >= 11 is 1.35. The molecule has 0 aliphatic carbocycles. The minimum Gasteiger partial charge on any atom is -0.325 e. The number of primary sulfonamides is 1. The Labute approximate surface area is 184 Å². The number of sulfonamides is 1. The van der Waals surface area contributed by atoms with Gasteiger partial charge in [-0.2, -0.15) is 0 Å². The molecule has 0 spiro atoms. The highest BCUT2D eigenvalue weighted by Gasteiger charge is 2.23. The third-order valence-corrected chi connectivity index (χ3v) is 6.72. The van der Waals surface area contributed by atoms with E-state index in [0.29, 0.717) is 5.69 Å². The molecule has 3 aromatic carbocycles. The van der Waals surface area contributed by atoms with Crippen molar-refractivity contribution in [2.24, 2.45) is 5.14 Å². The van der Waals surface area contributed by atoms with Crippen LogP contribution in [0.1, 0.15) is 10.8 Å². The summed E-state index contributed by atoms with van der Waals surface area (Å²) in [5, 5.41) is 9.20. The molecule has 0 saturated carbocycles. The van der Waals surface area contributed by atoms with Crippen LogP contribution in [0.4, 0.5) is 5.69 Å². The second-order valence-corrected chi connectivity index (χ2v) is 9.50. The van der Waals surface area contributed by atoms with Crippen LogP contribution in [0.5, 0.6) is 0 Å². The molecule has 1 heterocycles. The van der Waals surface area contributed by atoms with Crippen LogP contribution in [-0.2, 0) is 14.8 Å². The van der Waals surface area contributed by atoms with E-state index in [1.54, 1.807) is 0 Å². The molecule has 0 saturated heterocycles. The van der Waals surface area contributed by atoms with Gasteiger partial charge in [-0.1, -0.05) is 66.4 Å². The zero-order valence-corrected chi connectivity index (χ0v) is 17.9. The predicted molar refractivity (Wildman–Crippen MR) is 123 cm³/mol. The summed E-state index contributed by atoms with van der Waals surface area (Å²) in [5.74, 6) is -0.241. The Hall–Kier alpha value is -3.20. The fraction of sp³-hybridized carbons (Fsp3) is 0.0435. The summed E-state index contributed by atoms with van der Waals surface area (Å²) < 4.78 is 22.9. The van der Waals surface area contributed by atoms with Gasteiger partial charge in [0.1, 0.15) is 5.25 Å². The number of fused-ring (bicyclic) bond motifs is 1. The number of carbonyl (C=O) groups excluding carboxylic acids is 1. The van der Waals surface area contributed by atoms with Gasteiger partial charge in [0.15, 0.2) is 0 Å². The van der Waals surface area contributed by atoms with Gasteiger partial charge in [-0.3, -0.25) is 4.79 Å². The zero-order chi connectivity index (χ0) is 21.8.